The largest absolute Gasteiger partial charge is 0.454 e. The lowest BCUT2D eigenvalue weighted by Crippen LogP contribution is -2.54. The van der Waals surface area contributed by atoms with E-state index in [1.54, 1.807) is 4.90 Å². The van der Waals surface area contributed by atoms with Gasteiger partial charge in [-0.3, -0.25) is 19.3 Å². The van der Waals surface area contributed by atoms with Gasteiger partial charge in [-0.05, 0) is 30.6 Å². The Bertz CT molecular complexity index is 638. The molecule has 0 aromatic carbocycles. The van der Waals surface area contributed by atoms with Crippen LogP contribution in [-0.4, -0.2) is 65.4 Å². The van der Waals surface area contributed by atoms with Crippen molar-refractivity contribution in [2.24, 2.45) is 17.8 Å². The third-order valence-corrected chi connectivity index (χ3v) is 5.67. The molecule has 1 N–H and O–H groups in total. The zero-order chi connectivity index (χ0) is 21.8. The summed E-state index contributed by atoms with van der Waals surface area (Å²) in [4.78, 5) is 52.5. The van der Waals surface area contributed by atoms with E-state index in [0.717, 1.165) is 24.2 Å². The molecule has 0 bridgehead atoms. The average Bonchev–Trinajstić information content (AvgIpc) is 2.86. The summed E-state index contributed by atoms with van der Waals surface area (Å²) in [6.07, 6.45) is 3.34. The van der Waals surface area contributed by atoms with Gasteiger partial charge in [-0.1, -0.05) is 47.5 Å². The third kappa shape index (κ3) is 5.48. The van der Waals surface area contributed by atoms with Crippen LogP contribution in [0.2, 0.25) is 0 Å². The highest BCUT2D eigenvalue weighted by Crippen LogP contribution is 2.38. The molecule has 2 fully saturated rings. The molecule has 1 saturated carbocycles. The van der Waals surface area contributed by atoms with E-state index in [-0.39, 0.29) is 24.3 Å². The molecule has 2 atom stereocenters. The number of amides is 4. The Labute approximate surface area is 173 Å². The Morgan fingerprint density at radius 1 is 1.17 bits per heavy atom. The topological polar surface area (TPSA) is 96.0 Å². The van der Waals surface area contributed by atoms with Crippen LogP contribution in [0.1, 0.15) is 60.3 Å². The molecular weight excluding hydrogens is 374 g/mol. The van der Waals surface area contributed by atoms with Crippen LogP contribution in [0, 0.1) is 17.8 Å². The summed E-state index contributed by atoms with van der Waals surface area (Å²) in [5.41, 5.74) is -0.906. The Morgan fingerprint density at radius 2 is 1.79 bits per heavy atom. The molecule has 2 aliphatic rings. The maximum absolute atomic E-state index is 12.9. The quantitative estimate of drug-likeness (QED) is 0.490. The van der Waals surface area contributed by atoms with Crippen molar-refractivity contribution in [2.45, 2.75) is 65.8 Å². The minimum absolute atomic E-state index is 0.0240. The highest BCUT2D eigenvalue weighted by molar-refractivity contribution is 6.09. The molecule has 1 aliphatic heterocycles. The average molecular weight is 410 g/mol. The number of ether oxygens (including phenoxy) is 1. The number of nitrogens with zero attached hydrogens (tertiary/aromatic N) is 2. The molecule has 1 saturated heterocycles. The summed E-state index contributed by atoms with van der Waals surface area (Å²) in [5, 5.41) is 2.80. The van der Waals surface area contributed by atoms with Crippen molar-refractivity contribution in [1.82, 2.24) is 15.1 Å². The molecular formula is C21H35N3O5. The number of imide groups is 1. The Kier molecular flexibility index (Phi) is 7.66. The number of hydrogen-bond acceptors (Lipinski definition) is 5. The van der Waals surface area contributed by atoms with Crippen LogP contribution in [0.25, 0.3) is 0 Å². The molecule has 0 unspecified atom stereocenters. The molecule has 0 aromatic rings. The molecule has 8 nitrogen and oxygen atoms in total. The van der Waals surface area contributed by atoms with Crippen molar-refractivity contribution in [3.8, 4) is 0 Å². The summed E-state index contributed by atoms with van der Waals surface area (Å²) in [6.45, 7) is 10.3. The Hall–Kier alpha value is -2.12. The molecule has 0 radical (unpaired) electrons. The van der Waals surface area contributed by atoms with Gasteiger partial charge in [-0.2, -0.15) is 0 Å². The summed E-state index contributed by atoms with van der Waals surface area (Å²) >= 11 is 0. The zero-order valence-corrected chi connectivity index (χ0v) is 18.3. The highest BCUT2D eigenvalue weighted by Gasteiger charge is 2.55. The second-order valence-electron chi connectivity index (χ2n) is 9.19. The second-order valence-corrected chi connectivity index (χ2v) is 9.19. The van der Waals surface area contributed by atoms with E-state index >= 15 is 0 Å². The fourth-order valence-electron chi connectivity index (χ4n) is 4.21. The van der Waals surface area contributed by atoms with Gasteiger partial charge in [0.2, 0.25) is 0 Å². The number of carbonyl (C=O) groups excluding carboxylic acids is 4. The van der Waals surface area contributed by atoms with Gasteiger partial charge in [-0.25, -0.2) is 4.79 Å². The lowest BCUT2D eigenvalue weighted by molar-refractivity contribution is -0.154. The van der Waals surface area contributed by atoms with E-state index in [9.17, 15) is 19.2 Å². The predicted octanol–water partition coefficient (Wildman–Crippen LogP) is 2.17. The molecule has 1 aliphatic carbocycles. The highest BCUT2D eigenvalue weighted by atomic mass is 16.5. The number of urea groups is 1. The van der Waals surface area contributed by atoms with Gasteiger partial charge in [-0.15, -0.1) is 0 Å². The van der Waals surface area contributed by atoms with Crippen LogP contribution in [0.15, 0.2) is 0 Å². The number of carbonyl (C=O) groups is 4. The third-order valence-electron chi connectivity index (χ3n) is 5.67. The molecule has 1 heterocycles. The van der Waals surface area contributed by atoms with Gasteiger partial charge < -0.3 is 15.0 Å². The smallest absolute Gasteiger partial charge is 0.326 e. The van der Waals surface area contributed by atoms with Crippen LogP contribution in [-0.2, 0) is 19.1 Å². The number of rotatable bonds is 8. The van der Waals surface area contributed by atoms with Gasteiger partial charge >= 0.3 is 12.0 Å². The monoisotopic (exact) mass is 409 g/mol. The lowest BCUT2D eigenvalue weighted by Gasteiger charge is -2.36. The fraction of sp³-hybridized carbons (Fsp3) is 0.810. The molecule has 1 spiro atoms. The molecule has 0 aromatic heterocycles. The van der Waals surface area contributed by atoms with Crippen LogP contribution in [0.4, 0.5) is 4.79 Å². The molecule has 29 heavy (non-hydrogen) atoms. The first-order valence-electron chi connectivity index (χ1n) is 10.6. The molecule has 2 rings (SSSR count). The molecule has 164 valence electrons. The molecule has 8 heteroatoms. The maximum Gasteiger partial charge on any atom is 0.326 e. The first-order valence-corrected chi connectivity index (χ1v) is 10.6. The Morgan fingerprint density at radius 3 is 2.34 bits per heavy atom. The van der Waals surface area contributed by atoms with Crippen molar-refractivity contribution in [3.05, 3.63) is 0 Å². The first-order chi connectivity index (χ1) is 13.6. The first kappa shape index (κ1) is 23.2. The normalized spacial score (nSPS) is 24.4. The van der Waals surface area contributed by atoms with Crippen LogP contribution >= 0.6 is 0 Å². The van der Waals surface area contributed by atoms with E-state index in [2.05, 4.69) is 5.32 Å². The predicted molar refractivity (Wildman–Crippen MR) is 108 cm³/mol. The standard InChI is InChI=1S/C21H35N3O5/c1-14(2)10-23(11-15(3)4)17(25)13-29-18(26)12-24-19(27)21(22-20(24)28)9-7-6-8-16(21)5/h14-16H,6-13H2,1-5H3,(H,22,28)/t16-,21-/m1/s1. The van der Waals surface area contributed by atoms with E-state index in [0.29, 0.717) is 31.3 Å². The van der Waals surface area contributed by atoms with Gasteiger partial charge in [0.1, 0.15) is 12.1 Å². The molecule has 4 amide bonds. The Balaban J connectivity index is 1.92. The summed E-state index contributed by atoms with van der Waals surface area (Å²) in [7, 11) is 0. The van der Waals surface area contributed by atoms with E-state index in [4.69, 9.17) is 4.74 Å². The van der Waals surface area contributed by atoms with Gasteiger partial charge in [0, 0.05) is 13.1 Å². The van der Waals surface area contributed by atoms with Crippen molar-refractivity contribution < 1.29 is 23.9 Å². The number of nitrogens with one attached hydrogen (secondary N) is 1. The fourth-order valence-corrected chi connectivity index (χ4v) is 4.21. The van der Waals surface area contributed by atoms with Crippen LogP contribution in [0.3, 0.4) is 0 Å². The van der Waals surface area contributed by atoms with Crippen molar-refractivity contribution in [3.63, 3.8) is 0 Å². The van der Waals surface area contributed by atoms with Gasteiger partial charge in [0.15, 0.2) is 6.61 Å². The van der Waals surface area contributed by atoms with E-state index in [1.165, 1.54) is 0 Å². The van der Waals surface area contributed by atoms with E-state index < -0.39 is 24.1 Å². The van der Waals surface area contributed by atoms with Crippen molar-refractivity contribution in [1.29, 1.82) is 0 Å². The van der Waals surface area contributed by atoms with Crippen molar-refractivity contribution in [2.75, 3.05) is 26.2 Å². The van der Waals surface area contributed by atoms with Crippen LogP contribution in [0.5, 0.6) is 0 Å². The van der Waals surface area contributed by atoms with Crippen LogP contribution < -0.4 is 5.32 Å². The lowest BCUT2D eigenvalue weighted by atomic mass is 9.73. The minimum atomic E-state index is -0.906. The summed E-state index contributed by atoms with van der Waals surface area (Å²) < 4.78 is 5.11. The zero-order valence-electron chi connectivity index (χ0n) is 18.3. The van der Waals surface area contributed by atoms with Gasteiger partial charge in [0.05, 0.1) is 0 Å². The summed E-state index contributed by atoms with van der Waals surface area (Å²) in [6, 6.07) is -0.562. The number of esters is 1. The minimum Gasteiger partial charge on any atom is -0.454 e. The maximum atomic E-state index is 12.9. The number of hydrogen-bond donors (Lipinski definition) is 1. The SMILES string of the molecule is CC(C)CN(CC(C)C)C(=O)COC(=O)CN1C(=O)N[C@@]2(CCCC[C@H]2C)C1=O. The van der Waals surface area contributed by atoms with E-state index in [1.807, 2.05) is 34.6 Å². The van der Waals surface area contributed by atoms with Gasteiger partial charge in [0.25, 0.3) is 11.8 Å². The van der Waals surface area contributed by atoms with Crippen molar-refractivity contribution >= 4 is 23.8 Å². The second kappa shape index (κ2) is 9.59. The summed E-state index contributed by atoms with van der Waals surface area (Å²) in [5.74, 6) is -0.761.